The minimum absolute atomic E-state index is 0.0686. The molecule has 1 saturated heterocycles. The Kier molecular flexibility index (Phi) is 7.23. The second-order valence-electron chi connectivity index (χ2n) is 8.09. The molecule has 5 nitrogen and oxygen atoms in total. The van der Waals surface area contributed by atoms with Crippen LogP contribution in [0.4, 0.5) is 8.78 Å². The van der Waals surface area contributed by atoms with Crippen molar-refractivity contribution in [3.8, 4) is 0 Å². The molecular weight excluding hydrogens is 432 g/mol. The van der Waals surface area contributed by atoms with Crippen molar-refractivity contribution in [2.24, 2.45) is 10.9 Å². The van der Waals surface area contributed by atoms with Crippen LogP contribution in [0.25, 0.3) is 0 Å². The minimum atomic E-state index is -1.01. The van der Waals surface area contributed by atoms with Crippen LogP contribution < -0.4 is 10.6 Å². The Bertz CT molecular complexity index is 988. The molecule has 3 atom stereocenters. The summed E-state index contributed by atoms with van der Waals surface area (Å²) in [4.78, 5) is 17.5. The Morgan fingerprint density at radius 1 is 1.28 bits per heavy atom. The number of thioether (sulfide) groups is 1. The van der Waals surface area contributed by atoms with Crippen LogP contribution in [0.1, 0.15) is 34.8 Å². The predicted octanol–water partition coefficient (Wildman–Crippen LogP) is 4.04. The molecule has 0 aromatic heterocycles. The number of benzene rings is 2. The summed E-state index contributed by atoms with van der Waals surface area (Å²) in [5.74, 6) is -0.166. The molecule has 0 spiro atoms. The number of amidine groups is 1. The first-order chi connectivity index (χ1) is 15.6. The van der Waals surface area contributed by atoms with E-state index >= 15 is 4.39 Å². The maximum absolute atomic E-state index is 15.2. The molecular formula is C24H27F2N3O2S. The average Bonchev–Trinajstić information content (AvgIpc) is 2.83. The van der Waals surface area contributed by atoms with Crippen LogP contribution in [0.15, 0.2) is 53.5 Å². The Balaban J connectivity index is 1.70. The second kappa shape index (κ2) is 10.1. The lowest BCUT2D eigenvalue weighted by molar-refractivity contribution is -0.0653. The van der Waals surface area contributed by atoms with Gasteiger partial charge in [0.15, 0.2) is 5.17 Å². The highest BCUT2D eigenvalue weighted by molar-refractivity contribution is 8.13. The summed E-state index contributed by atoms with van der Waals surface area (Å²) in [6.07, 6.45) is -0.0681. The molecule has 2 aromatic rings. The smallest absolute Gasteiger partial charge is 0.257 e. The second-order valence-corrected chi connectivity index (χ2v) is 9.10. The summed E-state index contributed by atoms with van der Waals surface area (Å²) in [5.41, 5.74) is 0.875. The average molecular weight is 460 g/mol. The van der Waals surface area contributed by atoms with Gasteiger partial charge in [-0.15, -0.1) is 0 Å². The molecule has 2 aliphatic heterocycles. The summed E-state index contributed by atoms with van der Waals surface area (Å²) >= 11 is 1.41. The molecule has 0 bridgehead atoms. The zero-order valence-corrected chi connectivity index (χ0v) is 18.8. The van der Waals surface area contributed by atoms with Gasteiger partial charge in [0, 0.05) is 29.3 Å². The van der Waals surface area contributed by atoms with Gasteiger partial charge < -0.3 is 15.4 Å². The molecule has 2 aliphatic rings. The van der Waals surface area contributed by atoms with Gasteiger partial charge in [0.2, 0.25) is 0 Å². The molecule has 1 amide bonds. The zero-order chi connectivity index (χ0) is 22.6. The van der Waals surface area contributed by atoms with E-state index in [1.807, 2.05) is 19.1 Å². The number of rotatable bonds is 6. The van der Waals surface area contributed by atoms with E-state index in [9.17, 15) is 9.18 Å². The van der Waals surface area contributed by atoms with Crippen LogP contribution in [0, 0.1) is 11.7 Å². The molecule has 170 valence electrons. The fourth-order valence-electron chi connectivity index (χ4n) is 4.24. The predicted molar refractivity (Wildman–Crippen MR) is 123 cm³/mol. The van der Waals surface area contributed by atoms with Crippen molar-refractivity contribution in [1.82, 2.24) is 10.6 Å². The van der Waals surface area contributed by atoms with E-state index in [1.54, 1.807) is 30.3 Å². The van der Waals surface area contributed by atoms with Crippen LogP contribution in [-0.4, -0.2) is 42.8 Å². The molecule has 32 heavy (non-hydrogen) atoms. The van der Waals surface area contributed by atoms with Crippen molar-refractivity contribution in [2.45, 2.75) is 31.5 Å². The number of nitrogens with zero attached hydrogens (tertiary/aromatic N) is 1. The lowest BCUT2D eigenvalue weighted by atomic mass is 9.74. The number of alkyl halides is 1. The number of carbonyl (C=O) groups excluding carboxylic acids is 1. The first-order valence-corrected chi connectivity index (χ1v) is 11.8. The summed E-state index contributed by atoms with van der Waals surface area (Å²) in [7, 11) is 0. The van der Waals surface area contributed by atoms with Crippen molar-refractivity contribution in [3.05, 3.63) is 71.0 Å². The van der Waals surface area contributed by atoms with Crippen molar-refractivity contribution in [1.29, 1.82) is 0 Å². The summed E-state index contributed by atoms with van der Waals surface area (Å²) in [5, 5.41) is 6.54. The van der Waals surface area contributed by atoms with Gasteiger partial charge in [-0.1, -0.05) is 43.0 Å². The Hall–Kier alpha value is -2.29. The van der Waals surface area contributed by atoms with E-state index in [4.69, 9.17) is 9.73 Å². The van der Waals surface area contributed by atoms with Gasteiger partial charge >= 0.3 is 0 Å². The van der Waals surface area contributed by atoms with E-state index < -0.39 is 18.3 Å². The molecule has 2 N–H and O–H groups in total. The SMILES string of the molecule is CCNCc1ccc(F)c([C@]23CO[C@@H](CF)C[C@H]2CSC(NC(=O)c2ccccc2)=N3)c1. The number of ether oxygens (including phenoxy) is 1. The summed E-state index contributed by atoms with van der Waals surface area (Å²) < 4.78 is 34.3. The maximum atomic E-state index is 15.2. The van der Waals surface area contributed by atoms with E-state index in [1.165, 1.54) is 17.8 Å². The van der Waals surface area contributed by atoms with E-state index in [2.05, 4.69) is 10.6 Å². The number of fused-ring (bicyclic) bond motifs is 1. The van der Waals surface area contributed by atoms with Crippen LogP contribution in [0.5, 0.6) is 0 Å². The zero-order valence-electron chi connectivity index (χ0n) is 17.9. The van der Waals surface area contributed by atoms with E-state index in [-0.39, 0.29) is 24.2 Å². The van der Waals surface area contributed by atoms with Crippen LogP contribution in [0.3, 0.4) is 0 Å². The van der Waals surface area contributed by atoms with Gasteiger partial charge in [-0.05, 0) is 42.8 Å². The highest BCUT2D eigenvalue weighted by Crippen LogP contribution is 2.47. The van der Waals surface area contributed by atoms with Crippen molar-refractivity contribution in [3.63, 3.8) is 0 Å². The van der Waals surface area contributed by atoms with Gasteiger partial charge in [-0.25, -0.2) is 13.8 Å². The lowest BCUT2D eigenvalue weighted by Crippen LogP contribution is -2.51. The third kappa shape index (κ3) is 4.72. The number of hydrogen-bond acceptors (Lipinski definition) is 5. The molecule has 8 heteroatoms. The third-order valence-electron chi connectivity index (χ3n) is 5.99. The number of nitrogens with one attached hydrogen (secondary N) is 2. The first kappa shape index (κ1) is 22.9. The highest BCUT2D eigenvalue weighted by Gasteiger charge is 2.49. The number of aliphatic imine (C=N–C) groups is 1. The number of hydrogen-bond donors (Lipinski definition) is 2. The van der Waals surface area contributed by atoms with Gasteiger partial charge in [0.25, 0.3) is 5.91 Å². The number of carbonyl (C=O) groups is 1. The topological polar surface area (TPSA) is 62.7 Å². The molecule has 0 aliphatic carbocycles. The Morgan fingerprint density at radius 3 is 2.84 bits per heavy atom. The fourth-order valence-corrected chi connectivity index (χ4v) is 5.40. The number of halogens is 2. The van der Waals surface area contributed by atoms with Gasteiger partial charge in [-0.3, -0.25) is 4.79 Å². The monoisotopic (exact) mass is 459 g/mol. The van der Waals surface area contributed by atoms with Crippen LogP contribution >= 0.6 is 11.8 Å². The fraction of sp³-hybridized carbons (Fsp3) is 0.417. The highest BCUT2D eigenvalue weighted by atomic mass is 32.2. The molecule has 2 heterocycles. The summed E-state index contributed by atoms with van der Waals surface area (Å²) in [6, 6.07) is 13.9. The van der Waals surface area contributed by atoms with Crippen molar-refractivity contribution >= 4 is 22.8 Å². The lowest BCUT2D eigenvalue weighted by Gasteiger charge is -2.46. The molecule has 4 rings (SSSR count). The molecule has 1 fully saturated rings. The molecule has 0 radical (unpaired) electrons. The van der Waals surface area contributed by atoms with Gasteiger partial charge in [0.05, 0.1) is 12.7 Å². The maximum Gasteiger partial charge on any atom is 0.257 e. The van der Waals surface area contributed by atoms with Crippen LogP contribution in [0.2, 0.25) is 0 Å². The standard InChI is InChI=1S/C24H27F2N3O2S/c1-2-27-13-16-8-9-21(26)20(10-16)24-15-31-19(12-25)11-18(24)14-32-23(29-24)28-22(30)17-6-4-3-5-7-17/h3-10,18-19,27H,2,11-15H2,1H3,(H,28,29,30)/t18-,19+,24-/m0/s1. The Morgan fingerprint density at radius 2 is 2.09 bits per heavy atom. The first-order valence-electron chi connectivity index (χ1n) is 10.8. The van der Waals surface area contributed by atoms with E-state index in [0.29, 0.717) is 35.0 Å². The largest absolute Gasteiger partial charge is 0.373 e. The van der Waals surface area contributed by atoms with Gasteiger partial charge in [0.1, 0.15) is 18.0 Å². The number of amides is 1. The normalized spacial score (nSPS) is 25.0. The van der Waals surface area contributed by atoms with E-state index in [0.717, 1.165) is 12.1 Å². The molecule has 0 saturated carbocycles. The molecule has 0 unspecified atom stereocenters. The minimum Gasteiger partial charge on any atom is -0.373 e. The van der Waals surface area contributed by atoms with Gasteiger partial charge in [-0.2, -0.15) is 0 Å². The summed E-state index contributed by atoms with van der Waals surface area (Å²) in [6.45, 7) is 2.90. The van der Waals surface area contributed by atoms with Crippen molar-refractivity contribution in [2.75, 3.05) is 25.6 Å². The third-order valence-corrected chi connectivity index (χ3v) is 7.02. The quantitative estimate of drug-likeness (QED) is 0.685. The van der Waals surface area contributed by atoms with Crippen LogP contribution in [-0.2, 0) is 16.8 Å². The van der Waals surface area contributed by atoms with Crippen molar-refractivity contribution < 1.29 is 18.3 Å². The molecule has 2 aromatic carbocycles. The Labute approximate surface area is 191 Å².